The van der Waals surface area contributed by atoms with Gasteiger partial charge in [-0.1, -0.05) is 17.7 Å². The minimum absolute atomic E-state index is 0.0915. The first-order valence-electron chi connectivity index (χ1n) is 7.11. The van der Waals surface area contributed by atoms with Gasteiger partial charge in [0.2, 0.25) is 0 Å². The molecule has 0 radical (unpaired) electrons. The van der Waals surface area contributed by atoms with E-state index in [1.165, 1.54) is 36.2 Å². The molecule has 1 spiro atoms. The highest BCUT2D eigenvalue weighted by Gasteiger charge is 2.42. The molecule has 4 heteroatoms. The van der Waals surface area contributed by atoms with E-state index in [0.717, 1.165) is 12.0 Å². The second-order valence-corrected chi connectivity index (χ2v) is 6.24. The van der Waals surface area contributed by atoms with Crippen LogP contribution in [0.1, 0.15) is 38.5 Å². The summed E-state index contributed by atoms with van der Waals surface area (Å²) in [6.45, 7) is 0.356. The van der Waals surface area contributed by atoms with Crippen molar-refractivity contribution in [2.24, 2.45) is 5.41 Å². The zero-order valence-corrected chi connectivity index (χ0v) is 11.1. The summed E-state index contributed by atoms with van der Waals surface area (Å²) in [5, 5.41) is 18.3. The number of aliphatic hydroxyl groups is 1. The quantitative estimate of drug-likeness (QED) is 0.805. The van der Waals surface area contributed by atoms with E-state index in [2.05, 4.69) is 12.2 Å². The number of amides is 1. The summed E-state index contributed by atoms with van der Waals surface area (Å²) in [5.74, 6) is 0. The summed E-state index contributed by atoms with van der Waals surface area (Å²) in [4.78, 5) is 12.4. The number of aliphatic hydroxyl groups excluding tert-OH is 1. The van der Waals surface area contributed by atoms with Gasteiger partial charge in [0, 0.05) is 6.54 Å². The standard InChI is InChI=1S/C15H21NO3/c17-10-13-8-12(9-16(13)14(18)19)7-11-1-3-15(4-2-11)5-6-15/h1,7,13,17H,2-6,8-10H2,(H,18,19)/b12-7+/t13-/m0/s1. The summed E-state index contributed by atoms with van der Waals surface area (Å²) in [7, 11) is 0. The van der Waals surface area contributed by atoms with Crippen LogP contribution in [0.25, 0.3) is 0 Å². The summed E-state index contributed by atoms with van der Waals surface area (Å²) in [6.07, 6.45) is 10.6. The topological polar surface area (TPSA) is 60.8 Å². The zero-order valence-electron chi connectivity index (χ0n) is 11.1. The van der Waals surface area contributed by atoms with Gasteiger partial charge in [0.25, 0.3) is 0 Å². The Hall–Kier alpha value is -1.29. The van der Waals surface area contributed by atoms with Crippen LogP contribution in [0.2, 0.25) is 0 Å². The number of hydrogen-bond acceptors (Lipinski definition) is 2. The van der Waals surface area contributed by atoms with Crippen LogP contribution in [-0.4, -0.2) is 40.4 Å². The fourth-order valence-corrected chi connectivity index (χ4v) is 3.30. The van der Waals surface area contributed by atoms with E-state index >= 15 is 0 Å². The van der Waals surface area contributed by atoms with Crippen molar-refractivity contribution in [1.82, 2.24) is 4.90 Å². The van der Waals surface area contributed by atoms with Crippen molar-refractivity contribution in [3.63, 3.8) is 0 Å². The molecular weight excluding hydrogens is 242 g/mol. The molecule has 2 aliphatic carbocycles. The maximum atomic E-state index is 11.1. The van der Waals surface area contributed by atoms with Gasteiger partial charge in [-0.2, -0.15) is 0 Å². The van der Waals surface area contributed by atoms with Crippen molar-refractivity contribution in [3.8, 4) is 0 Å². The van der Waals surface area contributed by atoms with Crippen molar-refractivity contribution in [2.45, 2.75) is 44.6 Å². The number of hydrogen-bond donors (Lipinski definition) is 2. The fourth-order valence-electron chi connectivity index (χ4n) is 3.30. The molecule has 0 bridgehead atoms. The maximum absolute atomic E-state index is 11.1. The predicted octanol–water partition coefficient (Wildman–Crippen LogP) is 2.55. The Kier molecular flexibility index (Phi) is 3.13. The van der Waals surface area contributed by atoms with E-state index in [1.807, 2.05) is 0 Å². The van der Waals surface area contributed by atoms with Gasteiger partial charge in [-0.05, 0) is 49.5 Å². The molecule has 4 nitrogen and oxygen atoms in total. The van der Waals surface area contributed by atoms with E-state index in [4.69, 9.17) is 5.11 Å². The molecule has 0 aromatic carbocycles. The second kappa shape index (κ2) is 4.67. The maximum Gasteiger partial charge on any atom is 0.407 e. The smallest absolute Gasteiger partial charge is 0.407 e. The minimum Gasteiger partial charge on any atom is -0.465 e. The number of likely N-dealkylation sites (tertiary alicyclic amines) is 1. The number of carboxylic acid groups (broad SMARTS) is 1. The largest absolute Gasteiger partial charge is 0.465 e. The van der Waals surface area contributed by atoms with Crippen LogP contribution >= 0.6 is 0 Å². The third-order valence-corrected chi connectivity index (χ3v) is 4.86. The van der Waals surface area contributed by atoms with Gasteiger partial charge in [-0.25, -0.2) is 4.79 Å². The van der Waals surface area contributed by atoms with Crippen LogP contribution in [0.5, 0.6) is 0 Å². The van der Waals surface area contributed by atoms with E-state index in [-0.39, 0.29) is 12.6 Å². The molecule has 0 aromatic heterocycles. The highest BCUT2D eigenvalue weighted by molar-refractivity contribution is 5.67. The Bertz CT molecular complexity index is 448. The lowest BCUT2D eigenvalue weighted by molar-refractivity contribution is 0.118. The van der Waals surface area contributed by atoms with Gasteiger partial charge in [-0.3, -0.25) is 4.90 Å². The molecule has 3 aliphatic rings. The number of rotatable bonds is 2. The lowest BCUT2D eigenvalue weighted by Crippen LogP contribution is -2.36. The Morgan fingerprint density at radius 1 is 1.47 bits per heavy atom. The van der Waals surface area contributed by atoms with E-state index in [0.29, 0.717) is 18.4 Å². The van der Waals surface area contributed by atoms with Crippen LogP contribution in [0.4, 0.5) is 4.79 Å². The van der Waals surface area contributed by atoms with Crippen molar-refractivity contribution in [2.75, 3.05) is 13.2 Å². The van der Waals surface area contributed by atoms with Gasteiger partial charge in [0.05, 0.1) is 12.6 Å². The highest BCUT2D eigenvalue weighted by Crippen LogP contribution is 2.55. The van der Waals surface area contributed by atoms with Crippen molar-refractivity contribution < 1.29 is 15.0 Å². The van der Waals surface area contributed by atoms with Gasteiger partial charge in [0.15, 0.2) is 0 Å². The average Bonchev–Trinajstić information content (AvgIpc) is 3.02. The van der Waals surface area contributed by atoms with Gasteiger partial charge < -0.3 is 10.2 Å². The second-order valence-electron chi connectivity index (χ2n) is 6.24. The fraction of sp³-hybridized carbons (Fsp3) is 0.667. The lowest BCUT2D eigenvalue weighted by Gasteiger charge is -2.19. The first-order chi connectivity index (χ1) is 9.12. The molecule has 1 heterocycles. The predicted molar refractivity (Wildman–Crippen MR) is 71.9 cm³/mol. The number of carbonyl (C=O) groups is 1. The minimum atomic E-state index is -0.933. The van der Waals surface area contributed by atoms with Crippen LogP contribution in [0.15, 0.2) is 23.3 Å². The van der Waals surface area contributed by atoms with Gasteiger partial charge in [-0.15, -0.1) is 0 Å². The normalized spacial score (nSPS) is 30.8. The Morgan fingerprint density at radius 2 is 2.26 bits per heavy atom. The molecule has 0 unspecified atom stereocenters. The molecule has 3 rings (SSSR count). The van der Waals surface area contributed by atoms with Crippen molar-refractivity contribution in [1.29, 1.82) is 0 Å². The Balaban J connectivity index is 1.68. The first-order valence-corrected chi connectivity index (χ1v) is 7.11. The molecule has 2 fully saturated rings. The van der Waals surface area contributed by atoms with Gasteiger partial charge >= 0.3 is 6.09 Å². The molecule has 0 aromatic rings. The molecule has 1 saturated heterocycles. The number of nitrogens with zero attached hydrogens (tertiary/aromatic N) is 1. The monoisotopic (exact) mass is 263 g/mol. The van der Waals surface area contributed by atoms with Crippen molar-refractivity contribution in [3.05, 3.63) is 23.3 Å². The molecule has 19 heavy (non-hydrogen) atoms. The van der Waals surface area contributed by atoms with Crippen LogP contribution < -0.4 is 0 Å². The molecular formula is C15H21NO3. The Morgan fingerprint density at radius 3 is 2.74 bits per heavy atom. The third-order valence-electron chi connectivity index (χ3n) is 4.86. The molecule has 1 amide bonds. The van der Waals surface area contributed by atoms with Gasteiger partial charge in [0.1, 0.15) is 0 Å². The molecule has 2 N–H and O–H groups in total. The lowest BCUT2D eigenvalue weighted by atomic mass is 9.86. The highest BCUT2D eigenvalue weighted by atomic mass is 16.4. The van der Waals surface area contributed by atoms with E-state index < -0.39 is 6.09 Å². The molecule has 1 aliphatic heterocycles. The molecule has 1 atom stereocenters. The van der Waals surface area contributed by atoms with Crippen LogP contribution in [0.3, 0.4) is 0 Å². The van der Waals surface area contributed by atoms with E-state index in [1.54, 1.807) is 0 Å². The Labute approximate surface area is 113 Å². The van der Waals surface area contributed by atoms with Crippen molar-refractivity contribution >= 4 is 6.09 Å². The molecule has 104 valence electrons. The third kappa shape index (κ3) is 2.54. The van der Waals surface area contributed by atoms with E-state index in [9.17, 15) is 9.90 Å². The zero-order chi connectivity index (χ0) is 13.5. The SMILES string of the molecule is O=C(O)N1C/C(=C/C2=CCC3(CC2)CC3)C[C@H]1CO. The van der Waals surface area contributed by atoms with Crippen LogP contribution in [0, 0.1) is 5.41 Å². The molecule has 1 saturated carbocycles. The summed E-state index contributed by atoms with van der Waals surface area (Å²) in [6, 6.07) is -0.261. The first kappa shape index (κ1) is 12.7. The summed E-state index contributed by atoms with van der Waals surface area (Å²) < 4.78 is 0. The van der Waals surface area contributed by atoms with Crippen LogP contribution in [-0.2, 0) is 0 Å². The summed E-state index contributed by atoms with van der Waals surface area (Å²) in [5.41, 5.74) is 3.13. The number of allylic oxidation sites excluding steroid dienone is 3. The summed E-state index contributed by atoms with van der Waals surface area (Å²) >= 11 is 0. The average molecular weight is 263 g/mol.